The lowest BCUT2D eigenvalue weighted by molar-refractivity contribution is -0.118. The van der Waals surface area contributed by atoms with E-state index in [1.165, 1.54) is 0 Å². The summed E-state index contributed by atoms with van der Waals surface area (Å²) in [5.41, 5.74) is 2.78. The van der Waals surface area contributed by atoms with Crippen LogP contribution in [0.25, 0.3) is 11.0 Å². The average Bonchev–Trinajstić information content (AvgIpc) is 3.31. The molecule has 10 nitrogen and oxygen atoms in total. The normalized spacial score (nSPS) is 16.8. The van der Waals surface area contributed by atoms with E-state index in [9.17, 15) is 19.5 Å². The molecule has 3 aromatic rings. The Hall–Kier alpha value is -3.28. The largest absolute Gasteiger partial charge is 0.489 e. The van der Waals surface area contributed by atoms with Gasteiger partial charge in [0.05, 0.1) is 5.52 Å². The van der Waals surface area contributed by atoms with Gasteiger partial charge in [-0.15, -0.1) is 0 Å². The summed E-state index contributed by atoms with van der Waals surface area (Å²) in [5.74, 6) is 0.167. The van der Waals surface area contributed by atoms with Crippen molar-refractivity contribution in [2.24, 2.45) is 0 Å². The maximum Gasteiger partial charge on any atom is 0.323 e. The van der Waals surface area contributed by atoms with Crippen molar-refractivity contribution in [1.82, 2.24) is 20.6 Å². The summed E-state index contributed by atoms with van der Waals surface area (Å²) >= 11 is 0.924. The maximum atomic E-state index is 11.6. The molecule has 2 aromatic carbocycles. The zero-order valence-corrected chi connectivity index (χ0v) is 17.8. The smallest absolute Gasteiger partial charge is 0.323 e. The fraction of sp³-hybridized carbons (Fsp3) is 0.286. The maximum absolute atomic E-state index is 11.6. The van der Waals surface area contributed by atoms with Crippen molar-refractivity contribution in [3.8, 4) is 5.75 Å². The fourth-order valence-electron chi connectivity index (χ4n) is 3.27. The molecule has 2 atom stereocenters. The molecule has 1 aliphatic rings. The van der Waals surface area contributed by atoms with E-state index in [1.807, 2.05) is 24.3 Å². The first kappa shape index (κ1) is 21.9. The van der Waals surface area contributed by atoms with Gasteiger partial charge in [-0.1, -0.05) is 18.2 Å². The molecule has 2 heterocycles. The Labute approximate surface area is 187 Å². The van der Waals surface area contributed by atoms with Gasteiger partial charge in [-0.25, -0.2) is 4.79 Å². The van der Waals surface area contributed by atoms with Crippen molar-refractivity contribution in [1.29, 1.82) is 0 Å². The summed E-state index contributed by atoms with van der Waals surface area (Å²) in [5, 5.41) is 17.7. The van der Waals surface area contributed by atoms with Crippen LogP contribution in [-0.4, -0.2) is 57.4 Å². The molecule has 0 bridgehead atoms. The van der Waals surface area contributed by atoms with Crippen molar-refractivity contribution >= 4 is 39.6 Å². The quantitative estimate of drug-likeness (QED) is 0.248. The predicted molar refractivity (Wildman–Crippen MR) is 122 cm³/mol. The Balaban J connectivity index is 1.17. The number of nitrogens with one attached hydrogen (secondary N) is 5. The van der Waals surface area contributed by atoms with Crippen LogP contribution in [0.15, 0.2) is 47.3 Å². The third-order valence-corrected chi connectivity index (χ3v) is 5.74. The number of rotatable bonds is 10. The van der Waals surface area contributed by atoms with Crippen LogP contribution >= 0.6 is 11.8 Å². The molecule has 0 radical (unpaired) electrons. The highest BCUT2D eigenvalue weighted by molar-refractivity contribution is 8.15. The van der Waals surface area contributed by atoms with E-state index in [2.05, 4.69) is 25.9 Å². The third-order valence-electron chi connectivity index (χ3n) is 4.85. The molecule has 1 fully saturated rings. The number of carbonyl (C=O) groups is 2. The van der Waals surface area contributed by atoms with E-state index in [4.69, 9.17) is 4.74 Å². The van der Waals surface area contributed by atoms with Crippen LogP contribution in [0.5, 0.6) is 5.75 Å². The summed E-state index contributed by atoms with van der Waals surface area (Å²) in [6, 6.07) is 12.9. The predicted octanol–water partition coefficient (Wildman–Crippen LogP) is 1.15. The lowest BCUT2D eigenvalue weighted by atomic mass is 10.1. The number of para-hydroxylation sites is 1. The average molecular weight is 458 g/mol. The Bertz CT molecular complexity index is 1160. The van der Waals surface area contributed by atoms with Gasteiger partial charge in [0.2, 0.25) is 0 Å². The van der Waals surface area contributed by atoms with E-state index in [-0.39, 0.29) is 23.4 Å². The number of thioether (sulfide) groups is 1. The number of aromatic nitrogens is 2. The van der Waals surface area contributed by atoms with Gasteiger partial charge in [0.25, 0.3) is 11.1 Å². The molecule has 11 heteroatoms. The van der Waals surface area contributed by atoms with Gasteiger partial charge in [-0.05, 0) is 54.6 Å². The first-order chi connectivity index (χ1) is 15.5. The molecule has 0 saturated carbocycles. The van der Waals surface area contributed by atoms with E-state index < -0.39 is 11.5 Å². The number of carbonyl (C=O) groups excluding carboxylic acids is 2. The summed E-state index contributed by atoms with van der Waals surface area (Å²) in [7, 11) is 0. The van der Waals surface area contributed by atoms with Crippen LogP contribution in [0.2, 0.25) is 0 Å². The van der Waals surface area contributed by atoms with Crippen LogP contribution in [0.4, 0.5) is 10.5 Å². The number of ether oxygens (including phenoxy) is 1. The van der Waals surface area contributed by atoms with Gasteiger partial charge in [0.15, 0.2) is 5.37 Å². The lowest BCUT2D eigenvalue weighted by Gasteiger charge is -2.14. The standard InChI is InChI=1S/C21H23N5O5S/c27-14(11-31-16-3-1-2-15-17(16)25-20(29)24-15)10-22-9-8-12-4-6-13(7-5-12)23-19-18(28)26-21(30)32-19/h1-7,14,19,22-23,27H,8-11H2,(H2,24,25,29)(H,26,28,30)/t14-,19?/m1/s1. The van der Waals surface area contributed by atoms with Gasteiger partial charge in [0.1, 0.15) is 24.0 Å². The number of anilines is 1. The van der Waals surface area contributed by atoms with Gasteiger partial charge < -0.3 is 30.4 Å². The molecule has 1 aromatic heterocycles. The highest BCUT2D eigenvalue weighted by atomic mass is 32.2. The van der Waals surface area contributed by atoms with Crippen LogP contribution < -0.4 is 26.4 Å². The van der Waals surface area contributed by atoms with Crippen LogP contribution in [-0.2, 0) is 11.2 Å². The van der Waals surface area contributed by atoms with Gasteiger partial charge in [0, 0.05) is 12.2 Å². The number of H-pyrrole nitrogens is 2. The molecule has 4 rings (SSSR count). The third kappa shape index (κ3) is 5.49. The zero-order chi connectivity index (χ0) is 22.5. The molecular formula is C21H23N5O5S. The van der Waals surface area contributed by atoms with Crippen LogP contribution in [0, 0.1) is 0 Å². The monoisotopic (exact) mass is 457 g/mol. The molecule has 1 saturated heterocycles. The minimum Gasteiger partial charge on any atom is -0.489 e. The number of aliphatic hydroxyl groups is 1. The molecular weight excluding hydrogens is 434 g/mol. The molecule has 2 amide bonds. The van der Waals surface area contributed by atoms with E-state index in [1.54, 1.807) is 18.2 Å². The second-order valence-electron chi connectivity index (χ2n) is 7.29. The summed E-state index contributed by atoms with van der Waals surface area (Å²) in [4.78, 5) is 39.6. The van der Waals surface area contributed by atoms with Crippen LogP contribution in [0.3, 0.4) is 0 Å². The number of imidazole rings is 1. The molecule has 32 heavy (non-hydrogen) atoms. The number of hydrogen-bond donors (Lipinski definition) is 6. The highest BCUT2D eigenvalue weighted by Gasteiger charge is 2.31. The zero-order valence-electron chi connectivity index (χ0n) is 17.0. The molecule has 6 N–H and O–H groups in total. The van der Waals surface area contributed by atoms with Crippen molar-refractivity contribution < 1.29 is 19.4 Å². The molecule has 1 unspecified atom stereocenters. The SMILES string of the molecule is O=C1NC(=O)C(Nc2ccc(CCNC[C@@H](O)COc3cccc4[nH]c(=O)[nH]c34)cc2)S1. The first-order valence-electron chi connectivity index (χ1n) is 10.1. The minimum absolute atomic E-state index is 0.0922. The number of aromatic amines is 2. The van der Waals surface area contributed by atoms with Gasteiger partial charge in [-0.2, -0.15) is 0 Å². The van der Waals surface area contributed by atoms with E-state index >= 15 is 0 Å². The number of amides is 2. The molecule has 0 spiro atoms. The van der Waals surface area contributed by atoms with Crippen molar-refractivity contribution in [2.75, 3.05) is 25.0 Å². The second kappa shape index (κ2) is 9.90. The van der Waals surface area contributed by atoms with Crippen molar-refractivity contribution in [3.63, 3.8) is 0 Å². The number of benzene rings is 2. The number of aliphatic hydroxyl groups excluding tert-OH is 1. The minimum atomic E-state index is -0.708. The topological polar surface area (TPSA) is 148 Å². The van der Waals surface area contributed by atoms with Crippen molar-refractivity contribution in [2.45, 2.75) is 17.9 Å². The van der Waals surface area contributed by atoms with Gasteiger partial charge >= 0.3 is 5.69 Å². The van der Waals surface area contributed by atoms with Crippen LogP contribution in [0.1, 0.15) is 5.56 Å². The Kier molecular flexibility index (Phi) is 6.78. The molecule has 0 aliphatic carbocycles. The summed E-state index contributed by atoms with van der Waals surface area (Å²) in [6.45, 7) is 1.12. The summed E-state index contributed by atoms with van der Waals surface area (Å²) < 4.78 is 5.65. The fourth-order valence-corrected chi connectivity index (χ4v) is 4.00. The highest BCUT2D eigenvalue weighted by Crippen LogP contribution is 2.22. The van der Waals surface area contributed by atoms with Gasteiger partial charge in [-0.3, -0.25) is 14.9 Å². The number of imide groups is 1. The number of fused-ring (bicyclic) bond motifs is 1. The van der Waals surface area contributed by atoms with Crippen molar-refractivity contribution in [3.05, 3.63) is 58.5 Å². The first-order valence-corrected chi connectivity index (χ1v) is 11.0. The second-order valence-corrected chi connectivity index (χ2v) is 8.37. The Morgan fingerprint density at radius 2 is 1.91 bits per heavy atom. The summed E-state index contributed by atoms with van der Waals surface area (Å²) in [6.07, 6.45) is 0.0507. The molecule has 1 aliphatic heterocycles. The molecule has 168 valence electrons. The van der Waals surface area contributed by atoms with E-state index in [0.717, 1.165) is 29.4 Å². The Morgan fingerprint density at radius 3 is 2.66 bits per heavy atom. The number of hydrogen-bond acceptors (Lipinski definition) is 8. The Morgan fingerprint density at radius 1 is 1.09 bits per heavy atom. The lowest BCUT2D eigenvalue weighted by Crippen LogP contribution is -2.32. The van der Waals surface area contributed by atoms with E-state index in [0.29, 0.717) is 29.9 Å².